The molecule has 0 atom stereocenters. The van der Waals surface area contributed by atoms with Crippen molar-refractivity contribution in [2.24, 2.45) is 0 Å². The summed E-state index contributed by atoms with van der Waals surface area (Å²) < 4.78 is 0. The van der Waals surface area contributed by atoms with Gasteiger partial charge in [0.15, 0.2) is 24.8 Å². The number of H-pyrrole nitrogens is 2. The molecule has 6 nitrogen and oxygen atoms in total. The maximum absolute atomic E-state index is 7.13. The van der Waals surface area contributed by atoms with Crippen LogP contribution < -0.4 is 9.97 Å². The number of nitrogens with zero attached hydrogens (tertiary/aromatic N) is 4. The molecule has 0 amide bonds. The second-order valence-electron chi connectivity index (χ2n) is 2.94. The molecule has 2 aromatic heterocycles. The van der Waals surface area contributed by atoms with E-state index in [0.29, 0.717) is 0 Å². The maximum atomic E-state index is 7.13. The monoisotopic (exact) mass is 454 g/mol. The average molecular weight is 456 g/mol. The Morgan fingerprint density at radius 3 is 0.880 bits per heavy atom. The summed E-state index contributed by atoms with van der Waals surface area (Å²) in [5.74, 6) is 0. The van der Waals surface area contributed by atoms with Gasteiger partial charge in [0, 0.05) is 24.3 Å². The van der Waals surface area contributed by atoms with Gasteiger partial charge in [-0.2, -0.15) is 20.6 Å². The van der Waals surface area contributed by atoms with E-state index in [0.717, 1.165) is 0 Å². The second kappa shape index (κ2) is 30.1. The van der Waals surface area contributed by atoms with Gasteiger partial charge >= 0.3 is 19.5 Å². The Bertz CT molecular complexity index is 587. The summed E-state index contributed by atoms with van der Waals surface area (Å²) in [6.07, 6.45) is 7.69. The Morgan fingerprint density at radius 1 is 0.560 bits per heavy atom. The molecule has 0 saturated heterocycles. The van der Waals surface area contributed by atoms with Crippen LogP contribution in [0.2, 0.25) is 0 Å². The predicted molar refractivity (Wildman–Crippen MR) is 109 cm³/mol. The fourth-order valence-corrected chi connectivity index (χ4v) is 1.16. The van der Waals surface area contributed by atoms with Crippen LogP contribution in [-0.2, 0) is 19.5 Å². The van der Waals surface area contributed by atoms with Crippen molar-refractivity contribution in [3.63, 3.8) is 0 Å². The molecular weight excluding hydrogens is 446 g/mol. The smallest absolute Gasteiger partial charge is 0.753 e. The summed E-state index contributed by atoms with van der Waals surface area (Å²) in [6.45, 7) is 0. The van der Waals surface area contributed by atoms with E-state index in [9.17, 15) is 0 Å². The second-order valence-corrected chi connectivity index (χ2v) is 3.67. The number of hydrogen-bond acceptors (Lipinski definition) is 4. The van der Waals surface area contributed by atoms with Crippen molar-refractivity contribution < 1.29 is 29.4 Å². The van der Waals surface area contributed by atoms with Gasteiger partial charge in [-0.1, -0.05) is 48.9 Å². The molecule has 25 heavy (non-hydrogen) atoms. The van der Waals surface area contributed by atoms with Crippen molar-refractivity contribution in [1.29, 1.82) is 0 Å². The molecule has 0 spiro atoms. The van der Waals surface area contributed by atoms with Gasteiger partial charge in [-0.05, 0) is 11.1 Å². The van der Waals surface area contributed by atoms with Crippen LogP contribution >= 0.6 is 48.9 Å². The first-order valence-corrected chi connectivity index (χ1v) is 7.24. The van der Waals surface area contributed by atoms with Gasteiger partial charge < -0.3 is 21.6 Å². The molecule has 0 aliphatic rings. The molecular formula is C14H10N6S4Zn. The van der Waals surface area contributed by atoms with Crippen LogP contribution in [-0.4, -0.2) is 20.6 Å². The fourth-order valence-electron chi connectivity index (χ4n) is 1.16. The number of rotatable bonds is 1. The first-order chi connectivity index (χ1) is 11.6. The van der Waals surface area contributed by atoms with Crippen LogP contribution in [0.4, 0.5) is 0 Å². The largest absolute Gasteiger partial charge is 2.00 e. The number of aromatic nitrogens is 2. The van der Waals surface area contributed by atoms with Crippen LogP contribution in [0.25, 0.3) is 32.8 Å². The van der Waals surface area contributed by atoms with Gasteiger partial charge in [0.1, 0.15) is 0 Å². The summed E-state index contributed by atoms with van der Waals surface area (Å²) in [7, 11) is 0. The molecule has 11 heteroatoms. The third-order valence-corrected chi connectivity index (χ3v) is 1.77. The number of hydrogen-bond donors (Lipinski definition) is 0. The van der Waals surface area contributed by atoms with Crippen molar-refractivity contribution in [2.45, 2.75) is 0 Å². The van der Waals surface area contributed by atoms with Crippen LogP contribution in [0.3, 0.4) is 0 Å². The maximum Gasteiger partial charge on any atom is 2.00 e. The quantitative estimate of drug-likeness (QED) is 0.370. The summed E-state index contributed by atoms with van der Waals surface area (Å²) in [4.78, 5) is 5.99. The van der Waals surface area contributed by atoms with E-state index in [4.69, 9.17) is 21.6 Å². The molecule has 0 aliphatic carbocycles. The van der Waals surface area contributed by atoms with Crippen LogP contribution in [0.1, 0.15) is 0 Å². The summed E-state index contributed by atoms with van der Waals surface area (Å²) in [5.41, 5.74) is 2.45. The molecule has 0 saturated carbocycles. The first-order valence-electron chi connectivity index (χ1n) is 5.60. The van der Waals surface area contributed by atoms with Crippen LogP contribution in [0.15, 0.2) is 49.1 Å². The zero-order valence-corrected chi connectivity index (χ0v) is 19.0. The minimum Gasteiger partial charge on any atom is -0.753 e. The van der Waals surface area contributed by atoms with Crippen LogP contribution in [0, 0.1) is 0 Å². The molecule has 0 aromatic carbocycles. The normalized spacial score (nSPS) is 5.92. The van der Waals surface area contributed by atoms with Crippen molar-refractivity contribution in [2.75, 3.05) is 0 Å². The molecule has 2 rings (SSSR count). The van der Waals surface area contributed by atoms with Gasteiger partial charge in [-0.15, -0.1) is 0 Å². The van der Waals surface area contributed by atoms with E-state index in [-0.39, 0.29) is 19.5 Å². The van der Waals surface area contributed by atoms with Crippen molar-refractivity contribution in [1.82, 2.24) is 0 Å². The number of nitrogens with one attached hydrogen (secondary N) is 2. The summed E-state index contributed by atoms with van der Waals surface area (Å²) >= 11 is 14.8. The van der Waals surface area contributed by atoms with Gasteiger partial charge in [0.25, 0.3) is 0 Å². The number of aromatic amines is 2. The Morgan fingerprint density at radius 2 is 0.720 bits per heavy atom. The number of pyridine rings is 2. The van der Waals surface area contributed by atoms with Crippen molar-refractivity contribution >= 4 is 69.5 Å². The molecule has 2 aromatic rings. The fraction of sp³-hybridized carbons (Fsp3) is 0. The Labute approximate surface area is 179 Å². The molecule has 122 valence electrons. The standard InChI is InChI=1S/C10H8N2.4CNS.Zn/c1-5-11-6-2-9(1)10-3-7-12-8-4-10;4*2-1-3;/h1-8H;;;;;/q;4*-1;+2/p+2. The molecule has 2 heterocycles. The summed E-state index contributed by atoms with van der Waals surface area (Å²) in [5, 5.41) is 33.9. The van der Waals surface area contributed by atoms with Crippen molar-refractivity contribution in [3.8, 4) is 11.1 Å². The van der Waals surface area contributed by atoms with Crippen molar-refractivity contribution in [3.05, 3.63) is 70.7 Å². The first kappa shape index (κ1) is 30.9. The average Bonchev–Trinajstić information content (AvgIpc) is 2.59. The molecule has 0 unspecified atom stereocenters. The topological polar surface area (TPSA) is 117 Å². The van der Waals surface area contributed by atoms with E-state index in [2.05, 4.69) is 83.1 Å². The van der Waals surface area contributed by atoms with Gasteiger partial charge in [-0.3, -0.25) is 0 Å². The van der Waals surface area contributed by atoms with Crippen LogP contribution in [0.5, 0.6) is 0 Å². The minimum atomic E-state index is 0. The minimum absolute atomic E-state index is 0. The Hall–Kier alpha value is -1.88. The Balaban J connectivity index is -0.000000143. The molecule has 0 aliphatic heterocycles. The third-order valence-electron chi connectivity index (χ3n) is 1.77. The third kappa shape index (κ3) is 27.3. The zero-order valence-electron chi connectivity index (χ0n) is 12.7. The van der Waals surface area contributed by atoms with E-state index in [1.807, 2.05) is 24.8 Å². The SMILES string of the molecule is [N-]=C=S.[N-]=C=S.[N-]=C=S.[N-]=C=S.[Zn+2].c1cc(-c2cc[nH+]cc2)cc[nH+]1. The zero-order chi connectivity index (χ0) is 19.1. The van der Waals surface area contributed by atoms with E-state index in [1.165, 1.54) is 31.8 Å². The predicted octanol–water partition coefficient (Wildman–Crippen LogP) is 3.61. The van der Waals surface area contributed by atoms with Gasteiger partial charge in [0.05, 0.1) is 0 Å². The number of thiocarbonyl (C=S) groups is 4. The molecule has 2 N–H and O–H groups in total. The van der Waals surface area contributed by atoms with E-state index in [1.54, 1.807) is 0 Å². The van der Waals surface area contributed by atoms with E-state index < -0.39 is 0 Å². The summed E-state index contributed by atoms with van der Waals surface area (Å²) in [6, 6.07) is 8.20. The molecule has 0 radical (unpaired) electrons. The molecule has 0 fully saturated rings. The Kier molecular flexibility index (Phi) is 37.2. The number of isothiocyanates is 4. The van der Waals surface area contributed by atoms with Gasteiger partial charge in [-0.25, -0.2) is 9.97 Å². The molecule has 0 bridgehead atoms. The van der Waals surface area contributed by atoms with E-state index >= 15 is 0 Å². The van der Waals surface area contributed by atoms with Gasteiger partial charge in [0.2, 0.25) is 0 Å².